The van der Waals surface area contributed by atoms with Crippen molar-refractivity contribution in [1.29, 1.82) is 0 Å². The molecule has 1 N–H and O–H groups in total. The normalized spacial score (nSPS) is 20.8. The largest absolute Gasteiger partial charge is 0.550 e. The zero-order chi connectivity index (χ0) is 15.4. The third kappa shape index (κ3) is 3.56. The van der Waals surface area contributed by atoms with Gasteiger partial charge in [0.15, 0.2) is 5.78 Å². The monoisotopic (exact) mass is 286 g/mol. The highest BCUT2D eigenvalue weighted by atomic mass is 16.4. The molecule has 21 heavy (non-hydrogen) atoms. The summed E-state index contributed by atoms with van der Waals surface area (Å²) in [6, 6.07) is 6.49. The Balaban J connectivity index is 2.08. The van der Waals surface area contributed by atoms with Crippen LogP contribution in [-0.2, 0) is 9.59 Å². The number of carboxylic acids is 1. The third-order valence-electron chi connectivity index (χ3n) is 3.63. The van der Waals surface area contributed by atoms with Crippen LogP contribution >= 0.6 is 0 Å². The number of aliphatic carboxylic acids is 1. The Morgan fingerprint density at radius 3 is 2.14 bits per heavy atom. The fourth-order valence-corrected chi connectivity index (χ4v) is 2.39. The number of carboxylic acid groups (broad SMARTS) is 1. The predicted molar refractivity (Wildman–Crippen MR) is 75.4 cm³/mol. The minimum absolute atomic E-state index is 0.0534. The number of Topliss-reactive ketones (excluding diaryl/α,β-unsaturated/α-hetero) is 1. The summed E-state index contributed by atoms with van der Waals surface area (Å²) >= 11 is 0. The van der Waals surface area contributed by atoms with Gasteiger partial charge in [0.2, 0.25) is 5.91 Å². The van der Waals surface area contributed by atoms with E-state index in [9.17, 15) is 19.5 Å². The van der Waals surface area contributed by atoms with Crippen molar-refractivity contribution in [3.8, 4) is 0 Å². The van der Waals surface area contributed by atoms with Crippen molar-refractivity contribution in [2.75, 3.05) is 5.32 Å². The second-order valence-corrected chi connectivity index (χ2v) is 5.10. The number of nitrogens with one attached hydrogen (secondary N) is 1. The lowest BCUT2D eigenvalue weighted by Gasteiger charge is -2.28. The minimum Gasteiger partial charge on any atom is -0.550 e. The average Bonchev–Trinajstić information content (AvgIpc) is 2.47. The summed E-state index contributed by atoms with van der Waals surface area (Å²) in [6.45, 7) is 1.46. The van der Waals surface area contributed by atoms with Crippen LogP contribution in [0.1, 0.15) is 30.1 Å². The van der Waals surface area contributed by atoms with Gasteiger partial charge in [-0.1, -0.05) is 12.2 Å². The molecular formula is C16H16NO4-. The van der Waals surface area contributed by atoms with E-state index in [1.165, 1.54) is 6.92 Å². The number of carbonyl (C=O) groups excluding carboxylic acids is 3. The van der Waals surface area contributed by atoms with Gasteiger partial charge in [-0.15, -0.1) is 0 Å². The maximum Gasteiger partial charge on any atom is 0.228 e. The molecule has 0 spiro atoms. The molecule has 1 amide bonds. The molecule has 1 aliphatic rings. The molecular weight excluding hydrogens is 270 g/mol. The van der Waals surface area contributed by atoms with Crippen molar-refractivity contribution < 1.29 is 19.5 Å². The number of hydrogen-bond acceptors (Lipinski definition) is 4. The van der Waals surface area contributed by atoms with Gasteiger partial charge in [-0.25, -0.2) is 0 Å². The quantitative estimate of drug-likeness (QED) is 0.664. The maximum absolute atomic E-state index is 12.2. The second kappa shape index (κ2) is 6.35. The molecule has 1 aromatic rings. The topological polar surface area (TPSA) is 86.3 Å². The molecule has 1 aromatic carbocycles. The van der Waals surface area contributed by atoms with Crippen LogP contribution in [0.15, 0.2) is 36.4 Å². The Morgan fingerprint density at radius 1 is 1.05 bits per heavy atom. The molecule has 2 rings (SSSR count). The fourth-order valence-electron chi connectivity index (χ4n) is 2.39. The molecule has 110 valence electrons. The highest BCUT2D eigenvalue weighted by Crippen LogP contribution is 2.26. The average molecular weight is 286 g/mol. The molecule has 0 aliphatic heterocycles. The molecule has 1 aliphatic carbocycles. The van der Waals surface area contributed by atoms with Crippen LogP contribution in [0.4, 0.5) is 5.69 Å². The predicted octanol–water partition coefficient (Wildman–Crippen LogP) is 1.16. The second-order valence-electron chi connectivity index (χ2n) is 5.10. The van der Waals surface area contributed by atoms with Gasteiger partial charge in [-0.2, -0.15) is 0 Å². The number of allylic oxidation sites excluding steroid dienone is 2. The Morgan fingerprint density at radius 2 is 1.62 bits per heavy atom. The van der Waals surface area contributed by atoms with Gasteiger partial charge < -0.3 is 15.2 Å². The van der Waals surface area contributed by atoms with E-state index < -0.39 is 17.8 Å². The van der Waals surface area contributed by atoms with E-state index in [4.69, 9.17) is 0 Å². The first-order valence-electron chi connectivity index (χ1n) is 6.76. The maximum atomic E-state index is 12.2. The van der Waals surface area contributed by atoms with E-state index >= 15 is 0 Å². The van der Waals surface area contributed by atoms with Crippen molar-refractivity contribution in [2.24, 2.45) is 11.8 Å². The molecule has 0 saturated heterocycles. The molecule has 0 bridgehead atoms. The van der Waals surface area contributed by atoms with E-state index in [2.05, 4.69) is 5.32 Å². The zero-order valence-corrected chi connectivity index (χ0v) is 11.7. The van der Waals surface area contributed by atoms with Crippen molar-refractivity contribution in [1.82, 2.24) is 0 Å². The number of anilines is 1. The Labute approximate surface area is 122 Å². The molecule has 0 radical (unpaired) electrons. The fraction of sp³-hybridized carbons (Fsp3) is 0.312. The van der Waals surface area contributed by atoms with Crippen LogP contribution in [0, 0.1) is 11.8 Å². The van der Waals surface area contributed by atoms with E-state index in [0.717, 1.165) is 0 Å². The van der Waals surface area contributed by atoms with Gasteiger partial charge in [-0.05, 0) is 44.0 Å². The van der Waals surface area contributed by atoms with Crippen molar-refractivity contribution >= 4 is 23.3 Å². The van der Waals surface area contributed by atoms with Crippen molar-refractivity contribution in [3.05, 3.63) is 42.0 Å². The number of carbonyl (C=O) groups is 3. The molecule has 0 unspecified atom stereocenters. The first-order chi connectivity index (χ1) is 9.99. The van der Waals surface area contributed by atoms with E-state index in [1.807, 2.05) is 6.08 Å². The molecule has 0 fully saturated rings. The molecule has 2 atom stereocenters. The lowest BCUT2D eigenvalue weighted by atomic mass is 9.82. The van der Waals surface area contributed by atoms with Crippen LogP contribution in [-0.4, -0.2) is 17.7 Å². The van der Waals surface area contributed by atoms with Gasteiger partial charge >= 0.3 is 0 Å². The standard InChI is InChI=1S/C16H17NO4/c1-10(18)11-6-8-12(9-7-11)17-15(19)13-4-2-3-5-14(13)16(20)21/h2-3,6-9,13-14H,4-5H2,1H3,(H,17,19)(H,20,21)/p-1/t13-,14-/m0/s1. The summed E-state index contributed by atoms with van der Waals surface area (Å²) in [6.07, 6.45) is 4.26. The van der Waals surface area contributed by atoms with Crippen LogP contribution in [0.25, 0.3) is 0 Å². The molecule has 5 nitrogen and oxygen atoms in total. The van der Waals surface area contributed by atoms with E-state index in [1.54, 1.807) is 30.3 Å². The summed E-state index contributed by atoms with van der Waals surface area (Å²) < 4.78 is 0. The Kier molecular flexibility index (Phi) is 4.52. The van der Waals surface area contributed by atoms with Crippen LogP contribution in [0.5, 0.6) is 0 Å². The highest BCUT2D eigenvalue weighted by molar-refractivity contribution is 5.97. The smallest absolute Gasteiger partial charge is 0.228 e. The van der Waals surface area contributed by atoms with Gasteiger partial charge in [0.1, 0.15) is 0 Å². The number of amides is 1. The molecule has 0 aromatic heterocycles. The summed E-state index contributed by atoms with van der Waals surface area (Å²) in [5.41, 5.74) is 1.10. The van der Waals surface area contributed by atoms with Gasteiger partial charge in [-0.3, -0.25) is 9.59 Å². The lowest BCUT2D eigenvalue weighted by Crippen LogP contribution is -2.41. The third-order valence-corrected chi connectivity index (χ3v) is 3.63. The van der Waals surface area contributed by atoms with Gasteiger partial charge in [0.05, 0.1) is 5.92 Å². The molecule has 5 heteroatoms. The SMILES string of the molecule is CC(=O)c1ccc(NC(=O)[C@H]2CC=CC[C@@H]2C(=O)[O-])cc1. The zero-order valence-electron chi connectivity index (χ0n) is 11.7. The lowest BCUT2D eigenvalue weighted by molar-refractivity contribution is -0.313. The van der Waals surface area contributed by atoms with E-state index in [-0.39, 0.29) is 11.7 Å². The number of hydrogen-bond donors (Lipinski definition) is 1. The van der Waals surface area contributed by atoms with Gasteiger partial charge in [0.25, 0.3) is 0 Å². The Hall–Kier alpha value is -2.43. The molecule has 0 heterocycles. The van der Waals surface area contributed by atoms with Gasteiger partial charge in [0, 0.05) is 23.1 Å². The van der Waals surface area contributed by atoms with Crippen LogP contribution < -0.4 is 10.4 Å². The number of rotatable bonds is 4. The van der Waals surface area contributed by atoms with Crippen LogP contribution in [0.3, 0.4) is 0 Å². The first-order valence-corrected chi connectivity index (χ1v) is 6.76. The summed E-state index contributed by atoms with van der Waals surface area (Å²) in [5, 5.41) is 13.8. The Bertz CT molecular complexity index is 589. The summed E-state index contributed by atoms with van der Waals surface area (Å²) in [7, 11) is 0. The minimum atomic E-state index is -1.20. The number of ketones is 1. The van der Waals surface area contributed by atoms with Crippen molar-refractivity contribution in [2.45, 2.75) is 19.8 Å². The number of benzene rings is 1. The van der Waals surface area contributed by atoms with Crippen molar-refractivity contribution in [3.63, 3.8) is 0 Å². The highest BCUT2D eigenvalue weighted by Gasteiger charge is 2.29. The first kappa shape index (κ1) is 15.0. The van der Waals surface area contributed by atoms with E-state index in [0.29, 0.717) is 24.1 Å². The summed E-state index contributed by atoms with van der Waals surface area (Å²) in [4.78, 5) is 34.5. The summed E-state index contributed by atoms with van der Waals surface area (Å²) in [5.74, 6) is -3.03. The molecule has 0 saturated carbocycles. The van der Waals surface area contributed by atoms with Crippen LogP contribution in [0.2, 0.25) is 0 Å².